The Kier molecular flexibility index (Phi) is 4.19. The van der Waals surface area contributed by atoms with Crippen LogP contribution >= 0.6 is 11.8 Å². The summed E-state index contributed by atoms with van der Waals surface area (Å²) in [5.74, 6) is -0.925. The van der Waals surface area contributed by atoms with Crippen molar-refractivity contribution >= 4 is 34.3 Å². The molecule has 20 heavy (non-hydrogen) atoms. The summed E-state index contributed by atoms with van der Waals surface area (Å²) in [6.45, 7) is 1.73. The summed E-state index contributed by atoms with van der Waals surface area (Å²) in [6.07, 6.45) is 1.16. The number of thioether (sulfide) groups is 1. The summed E-state index contributed by atoms with van der Waals surface area (Å²) in [5, 5.41) is 20.3. The highest BCUT2D eigenvalue weighted by Crippen LogP contribution is 2.37. The lowest BCUT2D eigenvalue weighted by Gasteiger charge is -2.11. The molecule has 0 aliphatic heterocycles. The van der Waals surface area contributed by atoms with Gasteiger partial charge in [0.05, 0.1) is 21.8 Å². The molecule has 0 amide bonds. The molecule has 0 aliphatic carbocycles. The summed E-state index contributed by atoms with van der Waals surface area (Å²) in [5.41, 5.74) is 0.564. The zero-order valence-corrected chi connectivity index (χ0v) is 11.5. The fraction of sp³-hybridized carbons (Fsp3) is 0.231. The Bertz CT molecular complexity index is 674. The summed E-state index contributed by atoms with van der Waals surface area (Å²) < 4.78 is 0. The molecule has 1 atom stereocenters. The summed E-state index contributed by atoms with van der Waals surface area (Å²) in [4.78, 5) is 25.9. The molecule has 7 heteroatoms. The van der Waals surface area contributed by atoms with Gasteiger partial charge in [0.1, 0.15) is 6.20 Å². The Labute approximate surface area is 119 Å². The van der Waals surface area contributed by atoms with Gasteiger partial charge in [0.25, 0.3) is 0 Å². The molecule has 0 radical (unpaired) electrons. The fourth-order valence-corrected chi connectivity index (χ4v) is 3.02. The van der Waals surface area contributed by atoms with Crippen LogP contribution in [0.4, 0.5) is 5.69 Å². The van der Waals surface area contributed by atoms with Gasteiger partial charge in [0, 0.05) is 10.6 Å². The Balaban J connectivity index is 2.49. The van der Waals surface area contributed by atoms with Gasteiger partial charge in [0.2, 0.25) is 0 Å². The van der Waals surface area contributed by atoms with Gasteiger partial charge in [-0.15, -0.1) is 11.8 Å². The summed E-state index contributed by atoms with van der Waals surface area (Å²) in [7, 11) is 0. The van der Waals surface area contributed by atoms with E-state index in [9.17, 15) is 14.9 Å². The highest BCUT2D eigenvalue weighted by Gasteiger charge is 2.21. The maximum Gasteiger partial charge on any atom is 0.304 e. The average molecular weight is 292 g/mol. The minimum absolute atomic E-state index is 0.0571. The van der Waals surface area contributed by atoms with Crippen molar-refractivity contribution in [2.45, 2.75) is 23.5 Å². The standard InChI is InChI=1S/C13H12N2O4S/c1-8(6-12(16)17)20-13-9-4-2-3-5-10(9)14-7-11(13)15(18)19/h2-5,7-8H,6H2,1H3,(H,16,17). The highest BCUT2D eigenvalue weighted by atomic mass is 32.2. The Morgan fingerprint density at radius 3 is 2.85 bits per heavy atom. The quantitative estimate of drug-likeness (QED) is 0.517. The maximum atomic E-state index is 11.1. The molecule has 1 N–H and O–H groups in total. The Morgan fingerprint density at radius 2 is 2.20 bits per heavy atom. The molecule has 1 aromatic heterocycles. The van der Waals surface area contributed by atoms with Crippen LogP contribution in [0.3, 0.4) is 0 Å². The van der Waals surface area contributed by atoms with Crippen molar-refractivity contribution < 1.29 is 14.8 Å². The number of hydrogen-bond acceptors (Lipinski definition) is 5. The number of fused-ring (bicyclic) bond motifs is 1. The van der Waals surface area contributed by atoms with Crippen LogP contribution in [0.15, 0.2) is 35.4 Å². The number of nitro groups is 1. The second-order valence-electron chi connectivity index (χ2n) is 4.27. The minimum atomic E-state index is -0.925. The van der Waals surface area contributed by atoms with E-state index in [1.807, 2.05) is 0 Å². The third-order valence-corrected chi connectivity index (χ3v) is 3.92. The van der Waals surface area contributed by atoms with Gasteiger partial charge in [-0.3, -0.25) is 14.9 Å². The van der Waals surface area contributed by atoms with Crippen LogP contribution in [0.25, 0.3) is 10.9 Å². The Morgan fingerprint density at radius 1 is 1.50 bits per heavy atom. The second kappa shape index (κ2) is 5.87. The normalized spacial score (nSPS) is 12.2. The minimum Gasteiger partial charge on any atom is -0.481 e. The topological polar surface area (TPSA) is 93.3 Å². The molecule has 0 spiro atoms. The zero-order valence-electron chi connectivity index (χ0n) is 10.6. The maximum absolute atomic E-state index is 11.1. The first kappa shape index (κ1) is 14.3. The second-order valence-corrected chi connectivity index (χ2v) is 5.72. The van der Waals surface area contributed by atoms with Crippen LogP contribution < -0.4 is 0 Å². The first-order valence-corrected chi connectivity index (χ1v) is 6.77. The van der Waals surface area contributed by atoms with E-state index in [-0.39, 0.29) is 17.4 Å². The molecule has 6 nitrogen and oxygen atoms in total. The molecular formula is C13H12N2O4S. The smallest absolute Gasteiger partial charge is 0.304 e. The van der Waals surface area contributed by atoms with Gasteiger partial charge in [-0.1, -0.05) is 25.1 Å². The van der Waals surface area contributed by atoms with Crippen molar-refractivity contribution in [2.24, 2.45) is 0 Å². The predicted molar refractivity (Wildman–Crippen MR) is 76.0 cm³/mol. The largest absolute Gasteiger partial charge is 0.481 e. The van der Waals surface area contributed by atoms with Crippen molar-refractivity contribution in [3.05, 3.63) is 40.6 Å². The van der Waals surface area contributed by atoms with E-state index in [1.54, 1.807) is 31.2 Å². The predicted octanol–water partition coefficient (Wildman–Crippen LogP) is 3.10. The van der Waals surface area contributed by atoms with Gasteiger partial charge in [0.15, 0.2) is 0 Å². The zero-order chi connectivity index (χ0) is 14.7. The van der Waals surface area contributed by atoms with Crippen molar-refractivity contribution in [1.29, 1.82) is 0 Å². The lowest BCUT2D eigenvalue weighted by atomic mass is 10.2. The first-order chi connectivity index (χ1) is 9.49. The number of carbonyl (C=O) groups is 1. The number of pyridine rings is 1. The van der Waals surface area contributed by atoms with E-state index >= 15 is 0 Å². The average Bonchev–Trinajstić information content (AvgIpc) is 2.37. The SMILES string of the molecule is CC(CC(=O)O)Sc1c([N+](=O)[O-])cnc2ccccc12. The molecule has 1 heterocycles. The third-order valence-electron chi connectivity index (χ3n) is 2.69. The van der Waals surface area contributed by atoms with Crippen molar-refractivity contribution in [3.8, 4) is 0 Å². The van der Waals surface area contributed by atoms with Gasteiger partial charge < -0.3 is 5.11 Å². The third kappa shape index (κ3) is 3.05. The number of hydrogen-bond donors (Lipinski definition) is 1. The molecule has 0 saturated heterocycles. The number of carboxylic acids is 1. The van der Waals surface area contributed by atoms with E-state index in [1.165, 1.54) is 18.0 Å². The number of aliphatic carboxylic acids is 1. The Hall–Kier alpha value is -2.15. The number of nitrogens with zero attached hydrogens (tertiary/aromatic N) is 2. The molecule has 1 aromatic carbocycles. The van der Waals surface area contributed by atoms with Crippen molar-refractivity contribution in [3.63, 3.8) is 0 Å². The van der Waals surface area contributed by atoms with E-state index in [0.29, 0.717) is 15.8 Å². The molecule has 0 bridgehead atoms. The monoisotopic (exact) mass is 292 g/mol. The van der Waals surface area contributed by atoms with E-state index in [2.05, 4.69) is 4.98 Å². The van der Waals surface area contributed by atoms with Crippen LogP contribution in [0.2, 0.25) is 0 Å². The molecular weight excluding hydrogens is 280 g/mol. The van der Waals surface area contributed by atoms with Crippen LogP contribution in [0.1, 0.15) is 13.3 Å². The first-order valence-electron chi connectivity index (χ1n) is 5.89. The molecule has 0 fully saturated rings. The molecule has 0 saturated carbocycles. The van der Waals surface area contributed by atoms with Crippen LogP contribution in [-0.2, 0) is 4.79 Å². The van der Waals surface area contributed by atoms with Gasteiger partial charge in [-0.05, 0) is 6.07 Å². The molecule has 104 valence electrons. The lowest BCUT2D eigenvalue weighted by molar-refractivity contribution is -0.387. The van der Waals surface area contributed by atoms with Crippen molar-refractivity contribution in [2.75, 3.05) is 0 Å². The molecule has 2 aromatic rings. The molecule has 0 aliphatic rings. The number of aromatic nitrogens is 1. The summed E-state index contributed by atoms with van der Waals surface area (Å²) >= 11 is 1.19. The van der Waals surface area contributed by atoms with E-state index in [4.69, 9.17) is 5.11 Å². The van der Waals surface area contributed by atoms with E-state index < -0.39 is 10.9 Å². The van der Waals surface area contributed by atoms with Crippen LogP contribution in [-0.4, -0.2) is 26.2 Å². The van der Waals surface area contributed by atoms with Gasteiger partial charge in [-0.2, -0.15) is 0 Å². The van der Waals surface area contributed by atoms with Gasteiger partial charge in [-0.25, -0.2) is 4.98 Å². The van der Waals surface area contributed by atoms with Crippen LogP contribution in [0.5, 0.6) is 0 Å². The van der Waals surface area contributed by atoms with E-state index in [0.717, 1.165) is 0 Å². The van der Waals surface area contributed by atoms with Gasteiger partial charge >= 0.3 is 11.7 Å². The number of benzene rings is 1. The highest BCUT2D eigenvalue weighted by molar-refractivity contribution is 8.00. The van der Waals surface area contributed by atoms with Crippen molar-refractivity contribution in [1.82, 2.24) is 4.98 Å². The fourth-order valence-electron chi connectivity index (χ4n) is 1.85. The number of carboxylic acid groups (broad SMARTS) is 1. The summed E-state index contributed by atoms with van der Waals surface area (Å²) in [6, 6.07) is 7.10. The lowest BCUT2D eigenvalue weighted by Crippen LogP contribution is -2.06. The molecule has 2 rings (SSSR count). The molecule has 1 unspecified atom stereocenters. The number of rotatable bonds is 5. The number of para-hydroxylation sites is 1. The van der Waals surface area contributed by atoms with Crippen LogP contribution in [0, 0.1) is 10.1 Å².